The molecule has 0 aromatic heterocycles. The van der Waals surface area contributed by atoms with Gasteiger partial charge in [-0.2, -0.15) is 0 Å². The third kappa shape index (κ3) is 9.56. The molecule has 3 heterocycles. The van der Waals surface area contributed by atoms with Gasteiger partial charge in [0.15, 0.2) is 24.2 Å². The van der Waals surface area contributed by atoms with Crippen LogP contribution in [-0.2, 0) is 19.0 Å². The minimum absolute atomic E-state index is 0.0150. The molecule has 0 spiro atoms. The van der Waals surface area contributed by atoms with Crippen molar-refractivity contribution >= 4 is 12.2 Å². The zero-order valence-corrected chi connectivity index (χ0v) is 31.1. The molecule has 0 bridgehead atoms. The fourth-order valence-electron chi connectivity index (χ4n) is 9.78. The number of aliphatic hydroxyl groups is 6. The maximum absolute atomic E-state index is 12.1. The molecule has 13 heteroatoms. The fraction of sp³-hybridized carbons (Fsp3) is 0.825. The lowest BCUT2D eigenvalue weighted by molar-refractivity contribution is -0.367. The van der Waals surface area contributed by atoms with Crippen molar-refractivity contribution in [2.75, 3.05) is 13.2 Å². The number of hydrogen-bond donors (Lipinski definition) is 8. The van der Waals surface area contributed by atoms with Gasteiger partial charge in [-0.3, -0.25) is 5.32 Å². The number of hydrogen-bond acceptors (Lipinski definition) is 12. The average Bonchev–Trinajstić information content (AvgIpc) is 3.67. The van der Waals surface area contributed by atoms with Crippen LogP contribution in [0.2, 0.25) is 0 Å². The summed E-state index contributed by atoms with van der Waals surface area (Å²) in [4.78, 5) is 16.3. The van der Waals surface area contributed by atoms with E-state index in [0.717, 1.165) is 37.7 Å². The first kappa shape index (κ1) is 40.7. The van der Waals surface area contributed by atoms with Crippen LogP contribution in [0.5, 0.6) is 0 Å². The van der Waals surface area contributed by atoms with E-state index in [1.807, 2.05) is 6.08 Å². The number of ether oxygens (including phenoxy) is 3. The molecule has 8 N–H and O–H groups in total. The molecule has 0 radical (unpaired) electrons. The molecule has 298 valence electrons. The molecule has 3 aliphatic heterocycles. The zero-order chi connectivity index (χ0) is 37.7. The lowest BCUT2D eigenvalue weighted by atomic mass is 9.69. The topological polar surface area (TPSA) is 211 Å². The van der Waals surface area contributed by atoms with E-state index in [-0.39, 0.29) is 48.3 Å². The van der Waals surface area contributed by atoms with Gasteiger partial charge < -0.3 is 50.0 Å². The van der Waals surface area contributed by atoms with Gasteiger partial charge in [0, 0.05) is 31.2 Å². The normalized spacial score (nSPS) is 41.3. The zero-order valence-electron chi connectivity index (χ0n) is 31.1. The number of carboxylic acid groups (broad SMARTS) is 1. The molecule has 5 fully saturated rings. The number of aliphatic imine (C=N–C) groups is 1. The molecule has 6 rings (SSSR count). The molecular weight excluding hydrogens is 684 g/mol. The average molecular weight is 748 g/mol. The summed E-state index contributed by atoms with van der Waals surface area (Å²) in [5.74, 6) is -0.649. The smallest absolute Gasteiger partial charge is 0.335 e. The predicted octanol–water partition coefficient (Wildman–Crippen LogP) is 2.61. The summed E-state index contributed by atoms with van der Waals surface area (Å²) >= 11 is 0. The number of nitrogens with one attached hydrogen (secondary N) is 1. The summed E-state index contributed by atoms with van der Waals surface area (Å²) in [6.07, 6.45) is 8.94. The number of nitrogens with zero attached hydrogens (tertiary/aromatic N) is 1. The minimum atomic E-state index is -2.64. The highest BCUT2D eigenvalue weighted by molar-refractivity contribution is 5.82. The maximum atomic E-state index is 12.1. The molecule has 13 unspecified atom stereocenters. The Hall–Kier alpha value is -1.91. The van der Waals surface area contributed by atoms with Gasteiger partial charge in [0.05, 0.1) is 37.1 Å². The molecule has 3 aliphatic carbocycles. The Kier molecular flexibility index (Phi) is 14.1. The first-order valence-corrected chi connectivity index (χ1v) is 20.2. The highest BCUT2D eigenvalue weighted by Crippen LogP contribution is 2.44. The van der Waals surface area contributed by atoms with Gasteiger partial charge in [0.2, 0.25) is 0 Å². The van der Waals surface area contributed by atoms with Crippen molar-refractivity contribution in [2.24, 2.45) is 40.5 Å². The van der Waals surface area contributed by atoms with Crippen LogP contribution in [0.25, 0.3) is 0 Å². The first-order valence-electron chi connectivity index (χ1n) is 20.2. The lowest BCUT2D eigenvalue weighted by Crippen LogP contribution is -2.75. The third-order valence-corrected chi connectivity index (χ3v) is 13.3. The van der Waals surface area contributed by atoms with Crippen LogP contribution < -0.4 is 5.32 Å². The molecular formula is C40H63N2O11+. The number of carbonyl (C=O) groups is 1. The van der Waals surface area contributed by atoms with Gasteiger partial charge in [0.25, 0.3) is 0 Å². The van der Waals surface area contributed by atoms with Gasteiger partial charge in [-0.25, -0.2) is 4.79 Å². The number of allylic oxidation sites excluding steroid dienone is 3. The molecule has 3 saturated carbocycles. The lowest BCUT2D eigenvalue weighted by Gasteiger charge is -2.51. The molecule has 13 atom stereocenters. The number of aliphatic carboxylic acids is 1. The molecule has 0 aromatic carbocycles. The number of aliphatic hydroxyl groups excluding tert-OH is 5. The van der Waals surface area contributed by atoms with Crippen molar-refractivity contribution in [2.45, 2.75) is 158 Å². The molecule has 2 saturated heterocycles. The monoisotopic (exact) mass is 747 g/mol. The van der Waals surface area contributed by atoms with Crippen LogP contribution in [0.1, 0.15) is 96.8 Å². The molecule has 0 aromatic rings. The van der Waals surface area contributed by atoms with Gasteiger partial charge in [0.1, 0.15) is 30.6 Å². The van der Waals surface area contributed by atoms with Crippen LogP contribution in [-0.4, -0.2) is 122 Å². The van der Waals surface area contributed by atoms with Crippen LogP contribution >= 0.6 is 0 Å². The van der Waals surface area contributed by atoms with E-state index in [1.54, 1.807) is 12.8 Å². The van der Waals surface area contributed by atoms with Crippen molar-refractivity contribution in [1.29, 1.82) is 0 Å². The largest absolute Gasteiger partial charge is 0.479 e. The van der Waals surface area contributed by atoms with Gasteiger partial charge >= 0.3 is 5.97 Å². The van der Waals surface area contributed by atoms with Crippen LogP contribution in [0.3, 0.4) is 0 Å². The van der Waals surface area contributed by atoms with Gasteiger partial charge in [-0.15, -0.1) is 4.99 Å². The summed E-state index contributed by atoms with van der Waals surface area (Å²) in [6.45, 7) is 4.48. The summed E-state index contributed by atoms with van der Waals surface area (Å²) < 4.78 is 18.2. The van der Waals surface area contributed by atoms with Crippen molar-refractivity contribution < 1.29 is 54.8 Å². The number of fused-ring (bicyclic) bond motifs is 1. The highest BCUT2D eigenvalue weighted by Gasteiger charge is 2.62. The van der Waals surface area contributed by atoms with Crippen molar-refractivity contribution in [3.05, 3.63) is 30.3 Å². The molecule has 6 aliphatic rings. The Labute approximate surface area is 313 Å². The van der Waals surface area contributed by atoms with E-state index >= 15 is 0 Å². The fourth-order valence-corrected chi connectivity index (χ4v) is 9.78. The molecule has 53 heavy (non-hydrogen) atoms. The highest BCUT2D eigenvalue weighted by atomic mass is 16.7. The Morgan fingerprint density at radius 3 is 2.51 bits per heavy atom. The second kappa shape index (κ2) is 18.4. The van der Waals surface area contributed by atoms with Gasteiger partial charge in [-0.1, -0.05) is 38.3 Å². The Morgan fingerprint density at radius 2 is 1.81 bits per heavy atom. The molecule has 13 nitrogen and oxygen atoms in total. The van der Waals surface area contributed by atoms with E-state index in [4.69, 9.17) is 14.2 Å². The van der Waals surface area contributed by atoms with Gasteiger partial charge in [-0.05, 0) is 81.5 Å². The van der Waals surface area contributed by atoms with E-state index in [2.05, 4.69) is 29.4 Å². The van der Waals surface area contributed by atoms with E-state index in [0.29, 0.717) is 38.2 Å². The quantitative estimate of drug-likeness (QED) is 0.0733. The Bertz CT molecular complexity index is 1280. The van der Waals surface area contributed by atoms with Crippen molar-refractivity contribution in [1.82, 2.24) is 5.32 Å². The summed E-state index contributed by atoms with van der Waals surface area (Å²) in [6, 6.07) is 0. The standard InChI is InChI=1S/C40H62N2O11/c1-23(6-5-9-24-7-3-2-4-8-24)27(18-25-16-17-41-20-25)21-42-38(49)40(50)36(46)34(45)35(37(47)48)53-39(40)52-29-14-15-30-32(19-29)51-22-31(33(30)44)26-10-12-28(43)13-11-26/h5,9,16-17,20,23-24,26-36,38-39,42-46,49-50H,2-4,6-8,10-15,18-19,21-22H2,1H3/p+1. The maximum Gasteiger partial charge on any atom is 0.335 e. The van der Waals surface area contributed by atoms with Crippen LogP contribution in [0.15, 0.2) is 28.8 Å². The van der Waals surface area contributed by atoms with E-state index in [9.17, 15) is 40.5 Å². The predicted molar refractivity (Wildman–Crippen MR) is 195 cm³/mol. The van der Waals surface area contributed by atoms with Crippen molar-refractivity contribution in [3.63, 3.8) is 0 Å². The Morgan fingerprint density at radius 1 is 1.06 bits per heavy atom. The van der Waals surface area contributed by atoms with Crippen LogP contribution in [0, 0.1) is 42.1 Å². The first-order chi connectivity index (χ1) is 25.4. The SMILES string of the molecule is CC(CC=CC1CCCCC1)C(CNC(O)C1(O)C(OC2CCC3C(C2)OCC(C2CCC(O)CC2)C3O)OC(C(=O)O)C(O)C1O)CC1=C[CH+]N=C1. The molecule has 0 amide bonds. The van der Waals surface area contributed by atoms with Crippen molar-refractivity contribution in [3.8, 4) is 0 Å². The summed E-state index contributed by atoms with van der Waals surface area (Å²) in [5, 5.41) is 79.9. The number of rotatable bonds is 14. The summed E-state index contributed by atoms with van der Waals surface area (Å²) in [5.41, 5.74) is -1.60. The minimum Gasteiger partial charge on any atom is -0.479 e. The second-order valence-corrected chi connectivity index (χ2v) is 16.9. The van der Waals surface area contributed by atoms with E-state index < -0.39 is 54.6 Å². The second-order valence-electron chi connectivity index (χ2n) is 16.9. The third-order valence-electron chi connectivity index (χ3n) is 13.3. The summed E-state index contributed by atoms with van der Waals surface area (Å²) in [7, 11) is 0. The van der Waals surface area contributed by atoms with E-state index in [1.165, 1.54) is 32.1 Å². The van der Waals surface area contributed by atoms with Crippen LogP contribution in [0.4, 0.5) is 0 Å². The Balaban J connectivity index is 1.11. The number of carboxylic acids is 1.